The second-order valence-corrected chi connectivity index (χ2v) is 12.4. The maximum atomic E-state index is 15.5. The first-order chi connectivity index (χ1) is 19.4. The van der Waals surface area contributed by atoms with Gasteiger partial charge in [-0.25, -0.2) is 8.78 Å². The van der Waals surface area contributed by atoms with Crippen LogP contribution in [0.2, 0.25) is 0 Å². The number of halogens is 2. The largest absolute Gasteiger partial charge is 0.502 e. The van der Waals surface area contributed by atoms with Gasteiger partial charge in [0.05, 0.1) is 19.3 Å². The molecule has 7 nitrogen and oxygen atoms in total. The minimum absolute atomic E-state index is 0.134. The first kappa shape index (κ1) is 24.4. The Morgan fingerprint density at radius 2 is 1.70 bits per heavy atom. The molecule has 9 rings (SSSR count). The zero-order valence-electron chi connectivity index (χ0n) is 21.6. The molecule has 2 aromatic carbocycles. The molecule has 3 aliphatic heterocycles. The van der Waals surface area contributed by atoms with Gasteiger partial charge < -0.3 is 14.7 Å². The third-order valence-electron chi connectivity index (χ3n) is 9.46. The number of fused-ring (bicyclic) bond motifs is 6. The Morgan fingerprint density at radius 1 is 0.950 bits per heavy atom. The van der Waals surface area contributed by atoms with Crippen LogP contribution in [0.3, 0.4) is 0 Å². The molecule has 2 bridgehead atoms. The molecule has 4 heterocycles. The van der Waals surface area contributed by atoms with Gasteiger partial charge in [-0.15, -0.1) is 11.8 Å². The van der Waals surface area contributed by atoms with Crippen molar-refractivity contribution < 1.29 is 23.4 Å². The number of rotatable bonds is 1. The van der Waals surface area contributed by atoms with Crippen LogP contribution in [-0.4, -0.2) is 46.5 Å². The van der Waals surface area contributed by atoms with Gasteiger partial charge in [-0.2, -0.15) is 0 Å². The minimum atomic E-state index is -0.903. The van der Waals surface area contributed by atoms with Crippen LogP contribution in [0.1, 0.15) is 81.9 Å². The van der Waals surface area contributed by atoms with Gasteiger partial charge in [0.25, 0.3) is 5.91 Å². The molecule has 1 aromatic heterocycles. The molecule has 0 spiro atoms. The van der Waals surface area contributed by atoms with E-state index in [1.54, 1.807) is 11.0 Å². The van der Waals surface area contributed by atoms with Crippen molar-refractivity contribution in [2.75, 3.05) is 24.8 Å². The average Bonchev–Trinajstić information content (AvgIpc) is 3.14. The second-order valence-electron chi connectivity index (χ2n) is 11.3. The Morgan fingerprint density at radius 3 is 2.48 bits per heavy atom. The first-order valence-corrected chi connectivity index (χ1v) is 14.8. The zero-order valence-corrected chi connectivity index (χ0v) is 22.4. The number of nitrogens with zero attached hydrogens (tertiary/aromatic N) is 3. The van der Waals surface area contributed by atoms with Crippen LogP contribution in [-0.2, 0) is 10.5 Å². The molecule has 6 aliphatic rings. The third kappa shape index (κ3) is 3.32. The molecule has 1 saturated heterocycles. The highest BCUT2D eigenvalue weighted by atomic mass is 32.2. The van der Waals surface area contributed by atoms with E-state index in [0.717, 1.165) is 29.4 Å². The highest BCUT2D eigenvalue weighted by Crippen LogP contribution is 2.53. The van der Waals surface area contributed by atoms with Crippen LogP contribution in [0.15, 0.2) is 46.2 Å². The Labute approximate surface area is 233 Å². The van der Waals surface area contributed by atoms with Crippen molar-refractivity contribution in [1.82, 2.24) is 9.58 Å². The lowest BCUT2D eigenvalue weighted by Crippen LogP contribution is -2.66. The number of carbonyl (C=O) groups excluding carboxylic acids is 1. The number of ether oxygens (including phenoxy) is 1. The predicted octanol–water partition coefficient (Wildman–Crippen LogP) is 4.73. The fourth-order valence-electron chi connectivity index (χ4n) is 7.54. The zero-order chi connectivity index (χ0) is 27.3. The minimum Gasteiger partial charge on any atom is -0.502 e. The molecule has 3 aliphatic carbocycles. The van der Waals surface area contributed by atoms with Gasteiger partial charge in [-0.1, -0.05) is 12.1 Å². The average molecular weight is 564 g/mol. The van der Waals surface area contributed by atoms with E-state index in [2.05, 4.69) is 12.1 Å². The van der Waals surface area contributed by atoms with Crippen molar-refractivity contribution >= 4 is 17.7 Å². The Kier molecular flexibility index (Phi) is 5.38. The summed E-state index contributed by atoms with van der Waals surface area (Å²) in [6.07, 6.45) is 5.53. The van der Waals surface area contributed by atoms with E-state index in [1.165, 1.54) is 52.7 Å². The van der Waals surface area contributed by atoms with Crippen molar-refractivity contribution in [3.63, 3.8) is 0 Å². The Hall–Kier alpha value is -3.37. The summed E-state index contributed by atoms with van der Waals surface area (Å²) in [4.78, 5) is 28.7. The van der Waals surface area contributed by atoms with Crippen molar-refractivity contribution in [2.45, 2.75) is 60.4 Å². The highest BCUT2D eigenvalue weighted by molar-refractivity contribution is 7.98. The SMILES string of the molecule is O=C1c2c(O)c(=O)ccn2N([C@@H]2c3cc4c(cc3SCc3c2ccc(F)c3F)C2CCC4CC2)[C@@H]2COCCN12. The number of carbonyl (C=O) groups is 1. The summed E-state index contributed by atoms with van der Waals surface area (Å²) >= 11 is 1.51. The maximum absolute atomic E-state index is 15.5. The van der Waals surface area contributed by atoms with Gasteiger partial charge >= 0.3 is 0 Å². The third-order valence-corrected chi connectivity index (χ3v) is 10.6. The molecule has 0 radical (unpaired) electrons. The number of pyridine rings is 1. The number of thioether (sulfide) groups is 1. The van der Waals surface area contributed by atoms with Crippen LogP contribution < -0.4 is 10.4 Å². The quantitative estimate of drug-likeness (QED) is 0.462. The lowest BCUT2D eigenvalue weighted by molar-refractivity contribution is -0.0197. The van der Waals surface area contributed by atoms with E-state index >= 15 is 4.39 Å². The molecule has 2 fully saturated rings. The predicted molar refractivity (Wildman–Crippen MR) is 144 cm³/mol. The van der Waals surface area contributed by atoms with E-state index in [-0.39, 0.29) is 30.2 Å². The van der Waals surface area contributed by atoms with Crippen LogP contribution >= 0.6 is 11.8 Å². The summed E-state index contributed by atoms with van der Waals surface area (Å²) in [6, 6.07) is 7.89. The number of benzene rings is 2. The summed E-state index contributed by atoms with van der Waals surface area (Å²) in [5.41, 5.74) is 3.72. The molecule has 206 valence electrons. The molecule has 40 heavy (non-hydrogen) atoms. The van der Waals surface area contributed by atoms with Gasteiger partial charge in [0.1, 0.15) is 6.17 Å². The van der Waals surface area contributed by atoms with Gasteiger partial charge in [-0.05, 0) is 71.9 Å². The number of hydrogen-bond donors (Lipinski definition) is 1. The number of hydrogen-bond acceptors (Lipinski definition) is 6. The Bertz CT molecular complexity index is 1650. The fourth-order valence-corrected chi connectivity index (χ4v) is 8.68. The van der Waals surface area contributed by atoms with Crippen molar-refractivity contribution in [1.29, 1.82) is 0 Å². The first-order valence-electron chi connectivity index (χ1n) is 13.8. The number of aromatic hydroxyl groups is 1. The van der Waals surface area contributed by atoms with Crippen molar-refractivity contribution in [3.8, 4) is 5.75 Å². The molecule has 1 N–H and O–H groups in total. The molecular formula is C30H27F2N3O4S. The van der Waals surface area contributed by atoms with Crippen molar-refractivity contribution in [3.05, 3.63) is 91.9 Å². The molecule has 2 atom stereocenters. The van der Waals surface area contributed by atoms with E-state index < -0.39 is 40.9 Å². The van der Waals surface area contributed by atoms with Crippen LogP contribution in [0, 0.1) is 11.6 Å². The van der Waals surface area contributed by atoms with Gasteiger partial charge in [-0.3, -0.25) is 19.3 Å². The molecular weight excluding hydrogens is 536 g/mol. The standard InChI is InChI=1S/C30H27F2N3O4S/c31-22-6-5-17-21(26(22)32)14-40-24-12-19-16-3-1-15(2-4-16)18(19)11-20(24)27(17)35-25-13-39-10-9-33(25)30(38)28-29(37)23(36)7-8-34(28)35/h5-8,11-12,15-16,25,27,37H,1-4,9-10,13-14H2/t15?,16?,25-,27+/m1/s1. The van der Waals surface area contributed by atoms with E-state index in [0.29, 0.717) is 24.0 Å². The molecule has 0 unspecified atom stereocenters. The van der Waals surface area contributed by atoms with Crippen LogP contribution in [0.25, 0.3) is 0 Å². The smallest absolute Gasteiger partial charge is 0.278 e. The lowest BCUT2D eigenvalue weighted by atomic mass is 9.66. The summed E-state index contributed by atoms with van der Waals surface area (Å²) in [6.45, 7) is 0.777. The fraction of sp³-hybridized carbons (Fsp3) is 0.400. The molecule has 1 saturated carbocycles. The summed E-state index contributed by atoms with van der Waals surface area (Å²) in [5.74, 6) is -1.63. The highest BCUT2D eigenvalue weighted by Gasteiger charge is 2.47. The van der Waals surface area contributed by atoms with Gasteiger partial charge in [0.2, 0.25) is 5.43 Å². The van der Waals surface area contributed by atoms with E-state index in [4.69, 9.17) is 4.74 Å². The Balaban J connectivity index is 1.43. The molecule has 1 amide bonds. The second kappa shape index (κ2) is 8.81. The van der Waals surface area contributed by atoms with Crippen LogP contribution in [0.4, 0.5) is 8.78 Å². The van der Waals surface area contributed by atoms with E-state index in [9.17, 15) is 19.1 Å². The van der Waals surface area contributed by atoms with Gasteiger partial charge in [0.15, 0.2) is 23.1 Å². The molecule has 10 heteroatoms. The topological polar surface area (TPSA) is 75.0 Å². The maximum Gasteiger partial charge on any atom is 0.278 e. The van der Waals surface area contributed by atoms with Crippen molar-refractivity contribution in [2.24, 2.45) is 0 Å². The monoisotopic (exact) mass is 563 g/mol. The summed E-state index contributed by atoms with van der Waals surface area (Å²) in [5, 5.41) is 12.7. The normalized spacial score (nSPS) is 26.4. The lowest BCUT2D eigenvalue weighted by Gasteiger charge is -2.51. The van der Waals surface area contributed by atoms with Crippen LogP contribution in [0.5, 0.6) is 5.75 Å². The summed E-state index contributed by atoms with van der Waals surface area (Å²) < 4.78 is 37.5. The van der Waals surface area contributed by atoms with E-state index in [1.807, 2.05) is 5.01 Å². The van der Waals surface area contributed by atoms with Gasteiger partial charge in [0, 0.05) is 35.0 Å². The summed E-state index contributed by atoms with van der Waals surface area (Å²) in [7, 11) is 0. The number of amides is 1. The molecule has 3 aromatic rings. The number of morpholine rings is 1. The number of aromatic nitrogens is 1.